The van der Waals surface area contributed by atoms with Crippen molar-refractivity contribution >= 4 is 22.6 Å². The second-order valence-electron chi connectivity index (χ2n) is 5.52. The number of halogens is 2. The van der Waals surface area contributed by atoms with Crippen molar-refractivity contribution in [1.82, 2.24) is 4.98 Å². The van der Waals surface area contributed by atoms with Crippen molar-refractivity contribution in [3.05, 3.63) is 35.5 Å². The van der Waals surface area contributed by atoms with Crippen LogP contribution in [0.4, 0.5) is 14.5 Å². The van der Waals surface area contributed by atoms with Gasteiger partial charge in [-0.3, -0.25) is 9.78 Å². The van der Waals surface area contributed by atoms with Gasteiger partial charge in [-0.1, -0.05) is 0 Å². The van der Waals surface area contributed by atoms with Crippen LogP contribution in [0.15, 0.2) is 18.3 Å². The minimum Gasteiger partial charge on any atom is -0.481 e. The summed E-state index contributed by atoms with van der Waals surface area (Å²) < 4.78 is 27.5. The number of nitriles is 1. The molecule has 0 spiro atoms. The van der Waals surface area contributed by atoms with Crippen molar-refractivity contribution in [3.63, 3.8) is 0 Å². The van der Waals surface area contributed by atoms with Gasteiger partial charge in [0.2, 0.25) is 0 Å². The first-order valence-corrected chi connectivity index (χ1v) is 7.17. The average Bonchev–Trinajstić information content (AvgIpc) is 2.53. The Morgan fingerprint density at radius 3 is 2.65 bits per heavy atom. The monoisotopic (exact) mass is 317 g/mol. The van der Waals surface area contributed by atoms with E-state index in [9.17, 15) is 18.8 Å². The third-order valence-electron chi connectivity index (χ3n) is 4.14. The maximum absolute atomic E-state index is 13.9. The fraction of sp³-hybridized carbons (Fsp3) is 0.312. The lowest BCUT2D eigenvalue weighted by Gasteiger charge is -2.33. The maximum atomic E-state index is 13.9. The highest BCUT2D eigenvalue weighted by molar-refractivity contribution is 5.95. The van der Waals surface area contributed by atoms with Crippen LogP contribution in [-0.4, -0.2) is 29.1 Å². The number of fused-ring (bicyclic) bond motifs is 1. The van der Waals surface area contributed by atoms with Gasteiger partial charge in [0.15, 0.2) is 5.82 Å². The Kier molecular flexibility index (Phi) is 3.82. The molecule has 1 aliphatic rings. The average molecular weight is 317 g/mol. The van der Waals surface area contributed by atoms with Crippen LogP contribution in [-0.2, 0) is 4.79 Å². The Morgan fingerprint density at radius 2 is 2.04 bits per heavy atom. The number of carboxylic acid groups (broad SMARTS) is 1. The third-order valence-corrected chi connectivity index (χ3v) is 4.14. The van der Waals surface area contributed by atoms with Crippen LogP contribution in [0.5, 0.6) is 0 Å². The zero-order valence-electron chi connectivity index (χ0n) is 12.1. The van der Waals surface area contributed by atoms with E-state index in [0.717, 1.165) is 12.1 Å². The van der Waals surface area contributed by atoms with Crippen LogP contribution in [0.25, 0.3) is 10.9 Å². The highest BCUT2D eigenvalue weighted by Gasteiger charge is 2.27. The van der Waals surface area contributed by atoms with Crippen LogP contribution in [0.1, 0.15) is 18.4 Å². The lowest BCUT2D eigenvalue weighted by atomic mass is 9.95. The largest absolute Gasteiger partial charge is 0.481 e. The van der Waals surface area contributed by atoms with E-state index in [1.807, 2.05) is 6.07 Å². The Morgan fingerprint density at radius 1 is 1.35 bits per heavy atom. The first kappa shape index (κ1) is 15.2. The van der Waals surface area contributed by atoms with E-state index in [1.165, 1.54) is 6.20 Å². The Labute approximate surface area is 130 Å². The summed E-state index contributed by atoms with van der Waals surface area (Å²) in [5, 5.41) is 18.6. The number of piperidine rings is 1. The molecular weight excluding hydrogens is 304 g/mol. The Balaban J connectivity index is 2.09. The van der Waals surface area contributed by atoms with Crippen LogP contribution in [0, 0.1) is 28.9 Å². The SMILES string of the molecule is N#Cc1cnc2c(F)cc(F)cc2c1N1CCC(C(=O)O)CC1. The van der Waals surface area contributed by atoms with E-state index < -0.39 is 23.5 Å². The van der Waals surface area contributed by atoms with Crippen LogP contribution in [0.3, 0.4) is 0 Å². The summed E-state index contributed by atoms with van der Waals surface area (Å²) in [7, 11) is 0. The molecule has 0 aliphatic carbocycles. The molecule has 1 fully saturated rings. The highest BCUT2D eigenvalue weighted by Crippen LogP contribution is 2.33. The number of carboxylic acids is 1. The van der Waals surface area contributed by atoms with Gasteiger partial charge in [0.1, 0.15) is 17.4 Å². The van der Waals surface area contributed by atoms with Gasteiger partial charge in [0.25, 0.3) is 0 Å². The summed E-state index contributed by atoms with van der Waals surface area (Å²) in [6.07, 6.45) is 2.10. The molecule has 0 bridgehead atoms. The number of aromatic nitrogens is 1. The van der Waals surface area contributed by atoms with E-state index in [-0.39, 0.29) is 16.5 Å². The number of nitrogens with zero attached hydrogens (tertiary/aromatic N) is 3. The smallest absolute Gasteiger partial charge is 0.306 e. The standard InChI is InChI=1S/C16H13F2N3O2/c17-11-5-12-14(13(18)6-11)20-8-10(7-19)15(12)21-3-1-9(2-4-21)16(22)23/h5-6,8-9H,1-4H2,(H,22,23). The van der Waals surface area contributed by atoms with Crippen molar-refractivity contribution in [2.24, 2.45) is 5.92 Å². The number of anilines is 1. The van der Waals surface area contributed by atoms with Gasteiger partial charge >= 0.3 is 5.97 Å². The minimum absolute atomic E-state index is 0.000702. The summed E-state index contributed by atoms with van der Waals surface area (Å²) >= 11 is 0. The summed E-state index contributed by atoms with van der Waals surface area (Å²) in [4.78, 5) is 16.8. The fourth-order valence-corrected chi connectivity index (χ4v) is 2.99. The molecule has 0 atom stereocenters. The second kappa shape index (κ2) is 5.80. The minimum atomic E-state index is -0.846. The number of benzene rings is 1. The molecule has 2 aromatic rings. The molecule has 0 unspecified atom stereocenters. The molecule has 0 radical (unpaired) electrons. The molecule has 1 aromatic carbocycles. The molecule has 1 N–H and O–H groups in total. The zero-order valence-corrected chi connectivity index (χ0v) is 12.1. The van der Waals surface area contributed by atoms with E-state index in [1.54, 1.807) is 4.90 Å². The maximum Gasteiger partial charge on any atom is 0.306 e. The van der Waals surface area contributed by atoms with Gasteiger partial charge in [-0.05, 0) is 18.9 Å². The van der Waals surface area contributed by atoms with Crippen LogP contribution < -0.4 is 4.90 Å². The molecule has 3 rings (SSSR count). The number of hydrogen-bond donors (Lipinski definition) is 1. The molecule has 1 aliphatic heterocycles. The number of rotatable bonds is 2. The number of hydrogen-bond acceptors (Lipinski definition) is 4. The fourth-order valence-electron chi connectivity index (χ4n) is 2.99. The number of aliphatic carboxylic acids is 1. The van der Waals surface area contributed by atoms with Crippen molar-refractivity contribution in [2.75, 3.05) is 18.0 Å². The molecule has 2 heterocycles. The summed E-state index contributed by atoms with van der Waals surface area (Å²) in [6.45, 7) is 0.811. The predicted octanol–water partition coefficient (Wildman–Crippen LogP) is 2.69. The van der Waals surface area contributed by atoms with Crippen molar-refractivity contribution < 1.29 is 18.7 Å². The molecule has 23 heavy (non-hydrogen) atoms. The van der Waals surface area contributed by atoms with Gasteiger partial charge in [0, 0.05) is 30.7 Å². The molecule has 5 nitrogen and oxygen atoms in total. The Hall–Kier alpha value is -2.75. The van der Waals surface area contributed by atoms with Gasteiger partial charge in [-0.15, -0.1) is 0 Å². The number of carbonyl (C=O) groups is 1. The van der Waals surface area contributed by atoms with Crippen LogP contribution >= 0.6 is 0 Å². The number of pyridine rings is 1. The van der Waals surface area contributed by atoms with Gasteiger partial charge in [-0.2, -0.15) is 5.26 Å². The third kappa shape index (κ3) is 2.68. The van der Waals surface area contributed by atoms with Gasteiger partial charge in [0.05, 0.1) is 17.2 Å². The van der Waals surface area contributed by atoms with E-state index in [2.05, 4.69) is 4.98 Å². The van der Waals surface area contributed by atoms with E-state index in [4.69, 9.17) is 5.11 Å². The summed E-state index contributed by atoms with van der Waals surface area (Å²) in [6, 6.07) is 3.90. The first-order chi connectivity index (χ1) is 11.0. The van der Waals surface area contributed by atoms with Gasteiger partial charge < -0.3 is 10.0 Å². The topological polar surface area (TPSA) is 77.2 Å². The molecular formula is C16H13F2N3O2. The summed E-state index contributed by atoms with van der Waals surface area (Å²) in [5.41, 5.74) is 0.636. The molecule has 1 aromatic heterocycles. The Bertz CT molecular complexity index is 824. The molecule has 0 saturated carbocycles. The van der Waals surface area contributed by atoms with E-state index >= 15 is 0 Å². The molecule has 1 saturated heterocycles. The lowest BCUT2D eigenvalue weighted by molar-refractivity contribution is -0.142. The quantitative estimate of drug-likeness (QED) is 0.921. The van der Waals surface area contributed by atoms with Crippen molar-refractivity contribution in [2.45, 2.75) is 12.8 Å². The lowest BCUT2D eigenvalue weighted by Crippen LogP contribution is -2.36. The molecule has 7 heteroatoms. The highest BCUT2D eigenvalue weighted by atomic mass is 19.1. The van der Waals surface area contributed by atoms with Crippen LogP contribution in [0.2, 0.25) is 0 Å². The first-order valence-electron chi connectivity index (χ1n) is 7.17. The normalized spacial score (nSPS) is 15.6. The van der Waals surface area contributed by atoms with E-state index in [0.29, 0.717) is 31.6 Å². The second-order valence-corrected chi connectivity index (χ2v) is 5.52. The molecule has 118 valence electrons. The predicted molar refractivity (Wildman–Crippen MR) is 78.9 cm³/mol. The van der Waals surface area contributed by atoms with Crippen molar-refractivity contribution in [3.8, 4) is 6.07 Å². The van der Waals surface area contributed by atoms with Crippen molar-refractivity contribution in [1.29, 1.82) is 5.26 Å². The zero-order chi connectivity index (χ0) is 16.6. The van der Waals surface area contributed by atoms with Gasteiger partial charge in [-0.25, -0.2) is 8.78 Å². The molecule has 0 amide bonds. The summed E-state index contributed by atoms with van der Waals surface area (Å²) in [5.74, 6) is -2.81.